The highest BCUT2D eigenvalue weighted by atomic mass is 79.9. The zero-order chi connectivity index (χ0) is 24.4. The average Bonchev–Trinajstić information content (AvgIpc) is 2.85. The van der Waals surface area contributed by atoms with E-state index in [1.165, 1.54) is 0 Å². The van der Waals surface area contributed by atoms with Gasteiger partial charge in [-0.05, 0) is 60.4 Å². The van der Waals surface area contributed by atoms with Crippen LogP contribution >= 0.6 is 15.9 Å². The van der Waals surface area contributed by atoms with Crippen LogP contribution in [0.4, 0.5) is 0 Å². The second-order valence-electron chi connectivity index (χ2n) is 9.17. The number of aromatic nitrogens is 1. The number of halogens is 1. The lowest BCUT2D eigenvalue weighted by Crippen LogP contribution is -2.46. The average molecular weight is 535 g/mol. The number of amides is 1. The van der Waals surface area contributed by atoms with Gasteiger partial charge in [-0.3, -0.25) is 14.5 Å². The number of hydrogen-bond donors (Lipinski definition) is 1. The van der Waals surface area contributed by atoms with E-state index in [2.05, 4.69) is 43.5 Å². The largest absolute Gasteiger partial charge is 0.496 e. The van der Waals surface area contributed by atoms with Crippen molar-refractivity contribution in [3.8, 4) is 5.75 Å². The van der Waals surface area contributed by atoms with Crippen LogP contribution in [0, 0.1) is 5.92 Å². The van der Waals surface area contributed by atoms with Crippen LogP contribution in [0.5, 0.6) is 5.75 Å². The molecular weight excluding hydrogens is 508 g/mol. The Balaban J connectivity index is 1.28. The lowest BCUT2D eigenvalue weighted by atomic mass is 9.83. The minimum Gasteiger partial charge on any atom is -0.496 e. The van der Waals surface area contributed by atoms with Gasteiger partial charge in [0, 0.05) is 59.5 Å². The van der Waals surface area contributed by atoms with E-state index in [-0.39, 0.29) is 11.5 Å². The van der Waals surface area contributed by atoms with Crippen LogP contribution < -0.4 is 15.7 Å². The number of ether oxygens (including phenoxy) is 1. The van der Waals surface area contributed by atoms with Crippen molar-refractivity contribution >= 4 is 28.1 Å². The minimum atomic E-state index is -0.268. The van der Waals surface area contributed by atoms with Crippen molar-refractivity contribution in [2.24, 2.45) is 11.0 Å². The van der Waals surface area contributed by atoms with E-state index in [0.717, 1.165) is 59.6 Å². The Hall–Kier alpha value is -3.23. The highest BCUT2D eigenvalue weighted by Crippen LogP contribution is 2.36. The maximum absolute atomic E-state index is 12.3. The molecule has 2 aliphatic rings. The number of carbonyl (C=O) groups excluding carboxylic acids is 1. The van der Waals surface area contributed by atoms with Gasteiger partial charge in [0.2, 0.25) is 0 Å². The highest BCUT2D eigenvalue weighted by Gasteiger charge is 2.34. The van der Waals surface area contributed by atoms with E-state index in [4.69, 9.17) is 4.74 Å². The molecule has 2 aromatic carbocycles. The molecule has 180 valence electrons. The summed E-state index contributed by atoms with van der Waals surface area (Å²) in [5.74, 6) is 1.38. The van der Waals surface area contributed by atoms with Gasteiger partial charge in [0.1, 0.15) is 5.75 Å². The van der Waals surface area contributed by atoms with E-state index in [9.17, 15) is 9.59 Å². The number of rotatable bonds is 6. The number of hydrogen-bond acceptors (Lipinski definition) is 5. The molecule has 1 N–H and O–H groups in total. The number of nitrogens with zero attached hydrogens (tertiary/aromatic N) is 3. The van der Waals surface area contributed by atoms with Gasteiger partial charge in [-0.2, -0.15) is 5.10 Å². The first-order valence-corrected chi connectivity index (χ1v) is 12.5. The fourth-order valence-corrected chi connectivity index (χ4v) is 5.63. The van der Waals surface area contributed by atoms with Gasteiger partial charge >= 0.3 is 0 Å². The zero-order valence-electron chi connectivity index (χ0n) is 19.5. The van der Waals surface area contributed by atoms with Gasteiger partial charge in [-0.15, -0.1) is 0 Å². The molecular formula is C27H27BrN4O3. The molecule has 1 fully saturated rings. The van der Waals surface area contributed by atoms with Crippen molar-refractivity contribution in [1.29, 1.82) is 0 Å². The number of piperidine rings is 1. The maximum Gasteiger partial charge on any atom is 0.271 e. The van der Waals surface area contributed by atoms with Crippen LogP contribution in [0.2, 0.25) is 0 Å². The van der Waals surface area contributed by atoms with Crippen LogP contribution in [0.25, 0.3) is 0 Å². The van der Waals surface area contributed by atoms with Gasteiger partial charge in [0.25, 0.3) is 11.5 Å². The molecule has 2 atom stereocenters. The van der Waals surface area contributed by atoms with Crippen molar-refractivity contribution < 1.29 is 9.53 Å². The fourth-order valence-electron chi connectivity index (χ4n) is 5.23. The second-order valence-corrected chi connectivity index (χ2v) is 10.1. The third-order valence-electron chi connectivity index (χ3n) is 6.72. The SMILES string of the molecule is COc1ccc(/C=N/NC(=O)c2cccc(Br)c2)cc1CN1C[C@@H]2C[C@@H](C1)c1cccc(=O)n1C2. The first-order valence-electron chi connectivity index (χ1n) is 11.7. The summed E-state index contributed by atoms with van der Waals surface area (Å²) in [6, 6.07) is 18.7. The lowest BCUT2D eigenvalue weighted by molar-refractivity contribution is 0.0955. The minimum absolute atomic E-state index is 0.103. The normalized spacial score (nSPS) is 19.4. The highest BCUT2D eigenvalue weighted by molar-refractivity contribution is 9.10. The summed E-state index contributed by atoms with van der Waals surface area (Å²) in [6.45, 7) is 3.38. The van der Waals surface area contributed by atoms with Crippen LogP contribution in [-0.4, -0.2) is 41.8 Å². The summed E-state index contributed by atoms with van der Waals surface area (Å²) in [6.07, 6.45) is 2.77. The van der Waals surface area contributed by atoms with Gasteiger partial charge < -0.3 is 9.30 Å². The van der Waals surface area contributed by atoms with Crippen LogP contribution in [0.3, 0.4) is 0 Å². The van der Waals surface area contributed by atoms with Crippen LogP contribution in [0.1, 0.15) is 39.5 Å². The quantitative estimate of drug-likeness (QED) is 0.383. The first-order chi connectivity index (χ1) is 17.0. The van der Waals surface area contributed by atoms with Gasteiger partial charge in [0.05, 0.1) is 13.3 Å². The Morgan fingerprint density at radius 2 is 2.00 bits per heavy atom. The van der Waals surface area contributed by atoms with Crippen LogP contribution in [-0.2, 0) is 13.1 Å². The van der Waals surface area contributed by atoms with E-state index >= 15 is 0 Å². The smallest absolute Gasteiger partial charge is 0.271 e. The van der Waals surface area contributed by atoms with Crippen molar-refractivity contribution in [2.45, 2.75) is 25.4 Å². The topological polar surface area (TPSA) is 75.9 Å². The van der Waals surface area contributed by atoms with E-state index in [0.29, 0.717) is 17.4 Å². The van der Waals surface area contributed by atoms with E-state index < -0.39 is 0 Å². The molecule has 1 saturated heterocycles. The predicted molar refractivity (Wildman–Crippen MR) is 139 cm³/mol. The summed E-state index contributed by atoms with van der Waals surface area (Å²) in [5, 5.41) is 4.14. The number of hydrazone groups is 1. The number of methoxy groups -OCH3 is 1. The molecule has 0 aliphatic carbocycles. The Morgan fingerprint density at radius 1 is 1.14 bits per heavy atom. The number of pyridine rings is 1. The Kier molecular flexibility index (Phi) is 6.83. The maximum atomic E-state index is 12.3. The second kappa shape index (κ2) is 10.2. The summed E-state index contributed by atoms with van der Waals surface area (Å²) in [4.78, 5) is 27.1. The summed E-state index contributed by atoms with van der Waals surface area (Å²) in [5.41, 5.74) is 6.32. The fraction of sp³-hybridized carbons (Fsp3) is 0.296. The summed E-state index contributed by atoms with van der Waals surface area (Å²) in [7, 11) is 1.68. The molecule has 3 heterocycles. The third kappa shape index (κ3) is 5.23. The van der Waals surface area contributed by atoms with Gasteiger partial charge in [-0.1, -0.05) is 28.1 Å². The molecule has 8 heteroatoms. The number of nitrogens with one attached hydrogen (secondary N) is 1. The molecule has 5 rings (SSSR count). The Bertz CT molecular complexity index is 1340. The molecule has 1 amide bonds. The Labute approximate surface area is 212 Å². The number of fused-ring (bicyclic) bond motifs is 4. The molecule has 0 radical (unpaired) electrons. The number of benzene rings is 2. The van der Waals surface area contributed by atoms with Gasteiger partial charge in [-0.25, -0.2) is 5.43 Å². The molecule has 7 nitrogen and oxygen atoms in total. The molecule has 2 bridgehead atoms. The first kappa shape index (κ1) is 23.5. The molecule has 2 aliphatic heterocycles. The molecule has 0 unspecified atom stereocenters. The van der Waals surface area contributed by atoms with E-state index in [1.54, 1.807) is 31.5 Å². The molecule has 3 aromatic rings. The van der Waals surface area contributed by atoms with Crippen molar-refractivity contribution in [2.75, 3.05) is 20.2 Å². The molecule has 1 aromatic heterocycles. The summed E-state index contributed by atoms with van der Waals surface area (Å²) >= 11 is 3.37. The summed E-state index contributed by atoms with van der Waals surface area (Å²) < 4.78 is 8.42. The molecule has 0 saturated carbocycles. The van der Waals surface area contributed by atoms with Crippen LogP contribution in [0.15, 0.2) is 75.0 Å². The standard InChI is InChI=1S/C27H27BrN4O3/c1-35-25-9-8-18(13-29-30-27(34)20-4-2-5-23(28)12-20)10-22(25)17-31-14-19-11-21(16-31)24-6-3-7-26(33)32(24)15-19/h2-10,12-13,19,21H,11,14-17H2,1H3,(H,30,34)/b29-13+/t19-,21-/m0/s1. The lowest BCUT2D eigenvalue weighted by Gasteiger charge is -2.42. The van der Waals surface area contributed by atoms with E-state index in [1.807, 2.05) is 34.9 Å². The van der Waals surface area contributed by atoms with Crippen molar-refractivity contribution in [1.82, 2.24) is 14.9 Å². The number of likely N-dealkylation sites (tertiary alicyclic amines) is 1. The molecule has 35 heavy (non-hydrogen) atoms. The monoisotopic (exact) mass is 534 g/mol. The van der Waals surface area contributed by atoms with Crippen molar-refractivity contribution in [3.63, 3.8) is 0 Å². The number of carbonyl (C=O) groups is 1. The predicted octanol–water partition coefficient (Wildman–Crippen LogP) is 4.00. The van der Waals surface area contributed by atoms with Crippen molar-refractivity contribution in [3.05, 3.63) is 97.9 Å². The third-order valence-corrected chi connectivity index (χ3v) is 7.21. The van der Waals surface area contributed by atoms with Gasteiger partial charge in [0.15, 0.2) is 0 Å². The molecule has 0 spiro atoms. The zero-order valence-corrected chi connectivity index (χ0v) is 21.1. The Morgan fingerprint density at radius 3 is 2.83 bits per heavy atom.